The van der Waals surface area contributed by atoms with Crippen LogP contribution in [0.4, 0.5) is 5.82 Å². The van der Waals surface area contributed by atoms with E-state index in [0.717, 1.165) is 38.2 Å². The molecule has 116 valence electrons. The Balaban J connectivity index is 1.84. The van der Waals surface area contributed by atoms with Gasteiger partial charge in [0.1, 0.15) is 5.82 Å². The number of carbonyl (C=O) groups excluding carboxylic acids is 1. The standard InChI is InChI=1S/C16H26N4O/c1-2-6-14-11-13(12-15(17)19-14)16(21)18-7-10-20-8-4-3-5-9-20/h11-12H,2-10H2,1H3,(H2,17,19)(H,18,21). The molecule has 5 heteroatoms. The van der Waals surface area contributed by atoms with Crippen molar-refractivity contribution in [2.24, 2.45) is 0 Å². The van der Waals surface area contributed by atoms with Crippen LogP contribution in [-0.4, -0.2) is 42.0 Å². The first-order chi connectivity index (χ1) is 10.2. The number of hydrogen-bond acceptors (Lipinski definition) is 4. The highest BCUT2D eigenvalue weighted by Crippen LogP contribution is 2.10. The molecule has 5 nitrogen and oxygen atoms in total. The molecule has 21 heavy (non-hydrogen) atoms. The molecule has 0 atom stereocenters. The number of nitrogen functional groups attached to an aromatic ring is 1. The maximum absolute atomic E-state index is 12.2. The second-order valence-corrected chi connectivity index (χ2v) is 5.68. The molecule has 2 rings (SSSR count). The van der Waals surface area contributed by atoms with E-state index < -0.39 is 0 Å². The Morgan fingerprint density at radius 3 is 2.81 bits per heavy atom. The van der Waals surface area contributed by atoms with Crippen molar-refractivity contribution in [3.63, 3.8) is 0 Å². The summed E-state index contributed by atoms with van der Waals surface area (Å²) in [7, 11) is 0. The van der Waals surface area contributed by atoms with E-state index in [9.17, 15) is 4.79 Å². The van der Waals surface area contributed by atoms with Gasteiger partial charge in [0.15, 0.2) is 0 Å². The Bertz CT molecular complexity index is 469. The van der Waals surface area contributed by atoms with Crippen LogP contribution in [0.15, 0.2) is 12.1 Å². The number of carbonyl (C=O) groups is 1. The molecule has 1 fully saturated rings. The lowest BCUT2D eigenvalue weighted by Crippen LogP contribution is -2.37. The van der Waals surface area contributed by atoms with Gasteiger partial charge in [0.2, 0.25) is 0 Å². The number of piperidine rings is 1. The van der Waals surface area contributed by atoms with Crippen LogP contribution >= 0.6 is 0 Å². The van der Waals surface area contributed by atoms with Gasteiger partial charge in [-0.15, -0.1) is 0 Å². The predicted molar refractivity (Wildman–Crippen MR) is 85.3 cm³/mol. The van der Waals surface area contributed by atoms with E-state index in [-0.39, 0.29) is 5.91 Å². The Kier molecular flexibility index (Phi) is 5.99. The van der Waals surface area contributed by atoms with E-state index in [1.54, 1.807) is 6.07 Å². The minimum absolute atomic E-state index is 0.0570. The summed E-state index contributed by atoms with van der Waals surface area (Å²) in [6.45, 7) is 6.00. The van der Waals surface area contributed by atoms with Crippen molar-refractivity contribution in [2.75, 3.05) is 31.9 Å². The molecular weight excluding hydrogens is 264 g/mol. The minimum Gasteiger partial charge on any atom is -0.384 e. The van der Waals surface area contributed by atoms with Gasteiger partial charge in [-0.3, -0.25) is 4.79 Å². The average molecular weight is 290 g/mol. The third-order valence-corrected chi connectivity index (χ3v) is 3.83. The molecule has 2 heterocycles. The molecule has 1 saturated heterocycles. The number of aryl methyl sites for hydroxylation is 1. The highest BCUT2D eigenvalue weighted by atomic mass is 16.1. The summed E-state index contributed by atoms with van der Waals surface area (Å²) in [5.41, 5.74) is 7.28. The smallest absolute Gasteiger partial charge is 0.251 e. The number of rotatable bonds is 6. The molecule has 0 saturated carbocycles. The van der Waals surface area contributed by atoms with Crippen LogP contribution in [0.5, 0.6) is 0 Å². The third-order valence-electron chi connectivity index (χ3n) is 3.83. The first-order valence-electron chi connectivity index (χ1n) is 7.96. The zero-order chi connectivity index (χ0) is 15.1. The first kappa shape index (κ1) is 15.8. The number of amides is 1. The molecule has 1 aliphatic heterocycles. The van der Waals surface area contributed by atoms with E-state index >= 15 is 0 Å². The number of nitrogens with zero attached hydrogens (tertiary/aromatic N) is 2. The zero-order valence-corrected chi connectivity index (χ0v) is 12.9. The number of nitrogens with two attached hydrogens (primary N) is 1. The Hall–Kier alpha value is -1.62. The molecular formula is C16H26N4O. The molecule has 0 aromatic carbocycles. The van der Waals surface area contributed by atoms with Crippen molar-refractivity contribution in [3.8, 4) is 0 Å². The maximum atomic E-state index is 12.2. The summed E-state index contributed by atoms with van der Waals surface area (Å²) in [4.78, 5) is 18.8. The topological polar surface area (TPSA) is 71.2 Å². The van der Waals surface area contributed by atoms with Gasteiger partial charge in [-0.25, -0.2) is 4.98 Å². The third kappa shape index (κ3) is 5.01. The van der Waals surface area contributed by atoms with Crippen molar-refractivity contribution in [2.45, 2.75) is 39.0 Å². The number of likely N-dealkylation sites (tertiary alicyclic amines) is 1. The normalized spacial score (nSPS) is 15.9. The van der Waals surface area contributed by atoms with Gasteiger partial charge in [-0.05, 0) is 44.5 Å². The fourth-order valence-corrected chi connectivity index (χ4v) is 2.74. The number of aromatic nitrogens is 1. The minimum atomic E-state index is -0.0570. The quantitative estimate of drug-likeness (QED) is 0.838. The van der Waals surface area contributed by atoms with E-state index in [4.69, 9.17) is 5.73 Å². The Morgan fingerprint density at radius 1 is 1.33 bits per heavy atom. The predicted octanol–water partition coefficient (Wildman–Crippen LogP) is 1.83. The van der Waals surface area contributed by atoms with Crippen molar-refractivity contribution < 1.29 is 4.79 Å². The van der Waals surface area contributed by atoms with Gasteiger partial charge in [0.05, 0.1) is 0 Å². The molecule has 0 radical (unpaired) electrons. The largest absolute Gasteiger partial charge is 0.384 e. The van der Waals surface area contributed by atoms with Crippen LogP contribution < -0.4 is 11.1 Å². The summed E-state index contributed by atoms with van der Waals surface area (Å²) < 4.78 is 0. The number of nitrogens with one attached hydrogen (secondary N) is 1. The van der Waals surface area contributed by atoms with Crippen molar-refractivity contribution in [3.05, 3.63) is 23.4 Å². The van der Waals surface area contributed by atoms with Crippen LogP contribution in [-0.2, 0) is 6.42 Å². The second kappa shape index (κ2) is 7.98. The van der Waals surface area contributed by atoms with Crippen LogP contribution in [0.3, 0.4) is 0 Å². The highest BCUT2D eigenvalue weighted by Gasteiger charge is 2.11. The van der Waals surface area contributed by atoms with E-state index in [1.807, 2.05) is 6.07 Å². The fourth-order valence-electron chi connectivity index (χ4n) is 2.74. The van der Waals surface area contributed by atoms with E-state index in [2.05, 4.69) is 22.1 Å². The van der Waals surface area contributed by atoms with Crippen molar-refractivity contribution in [1.82, 2.24) is 15.2 Å². The number of anilines is 1. The van der Waals surface area contributed by atoms with Crippen LogP contribution in [0.1, 0.15) is 48.7 Å². The molecule has 0 bridgehead atoms. The van der Waals surface area contributed by atoms with Gasteiger partial charge in [0, 0.05) is 24.3 Å². The molecule has 1 amide bonds. The van der Waals surface area contributed by atoms with Crippen molar-refractivity contribution >= 4 is 11.7 Å². The van der Waals surface area contributed by atoms with Gasteiger partial charge < -0.3 is 16.0 Å². The summed E-state index contributed by atoms with van der Waals surface area (Å²) in [5.74, 6) is 0.362. The lowest BCUT2D eigenvalue weighted by Gasteiger charge is -2.26. The van der Waals surface area contributed by atoms with Crippen LogP contribution in [0.2, 0.25) is 0 Å². The van der Waals surface area contributed by atoms with Gasteiger partial charge in [-0.1, -0.05) is 19.8 Å². The SMILES string of the molecule is CCCc1cc(C(=O)NCCN2CCCCC2)cc(N)n1. The summed E-state index contributed by atoms with van der Waals surface area (Å²) >= 11 is 0. The van der Waals surface area contributed by atoms with Crippen LogP contribution in [0, 0.1) is 0 Å². The van der Waals surface area contributed by atoms with Crippen LogP contribution in [0.25, 0.3) is 0 Å². The van der Waals surface area contributed by atoms with Gasteiger partial charge >= 0.3 is 0 Å². The van der Waals surface area contributed by atoms with Crippen molar-refractivity contribution in [1.29, 1.82) is 0 Å². The Labute approximate surface area is 126 Å². The first-order valence-corrected chi connectivity index (χ1v) is 7.96. The summed E-state index contributed by atoms with van der Waals surface area (Å²) in [6.07, 6.45) is 5.72. The molecule has 1 aliphatic rings. The number of hydrogen-bond donors (Lipinski definition) is 2. The maximum Gasteiger partial charge on any atom is 0.251 e. The highest BCUT2D eigenvalue weighted by molar-refractivity contribution is 5.94. The molecule has 1 aromatic rings. The lowest BCUT2D eigenvalue weighted by molar-refractivity contribution is 0.0946. The molecule has 1 aromatic heterocycles. The fraction of sp³-hybridized carbons (Fsp3) is 0.625. The lowest BCUT2D eigenvalue weighted by atomic mass is 10.1. The Morgan fingerprint density at radius 2 is 2.10 bits per heavy atom. The summed E-state index contributed by atoms with van der Waals surface area (Å²) in [6, 6.07) is 3.49. The second-order valence-electron chi connectivity index (χ2n) is 5.68. The van der Waals surface area contributed by atoms with Gasteiger partial charge in [-0.2, -0.15) is 0 Å². The molecule has 3 N–H and O–H groups in total. The van der Waals surface area contributed by atoms with E-state index in [1.165, 1.54) is 19.3 Å². The molecule has 0 aliphatic carbocycles. The van der Waals surface area contributed by atoms with Gasteiger partial charge in [0.25, 0.3) is 5.91 Å². The zero-order valence-electron chi connectivity index (χ0n) is 12.9. The van der Waals surface area contributed by atoms with E-state index in [0.29, 0.717) is 17.9 Å². The number of pyridine rings is 1. The summed E-state index contributed by atoms with van der Waals surface area (Å²) in [5, 5.41) is 2.98. The average Bonchev–Trinajstić information content (AvgIpc) is 2.48. The molecule has 0 unspecified atom stereocenters. The molecule has 0 spiro atoms. The monoisotopic (exact) mass is 290 g/mol.